The molecule has 1 fully saturated rings. The largest absolute Gasteiger partial charge is 0.456 e. The van der Waals surface area contributed by atoms with Crippen molar-refractivity contribution in [1.82, 2.24) is 19.5 Å². The van der Waals surface area contributed by atoms with Crippen LogP contribution < -0.4 is 11.1 Å². The predicted molar refractivity (Wildman–Crippen MR) is 127 cm³/mol. The maximum absolute atomic E-state index is 12.2. The molecule has 3 aromatic rings. The molecule has 4 rings (SSSR count). The van der Waals surface area contributed by atoms with Crippen molar-refractivity contribution < 1.29 is 29.6 Å². The van der Waals surface area contributed by atoms with Crippen molar-refractivity contribution in [3.8, 4) is 0 Å². The zero-order valence-electron chi connectivity index (χ0n) is 19.8. The summed E-state index contributed by atoms with van der Waals surface area (Å²) in [6.45, 7) is 5.51. The van der Waals surface area contributed by atoms with Crippen molar-refractivity contribution in [3.63, 3.8) is 0 Å². The van der Waals surface area contributed by atoms with Crippen LogP contribution in [0, 0.1) is 0 Å². The quantitative estimate of drug-likeness (QED) is 0.296. The van der Waals surface area contributed by atoms with Crippen molar-refractivity contribution in [1.29, 1.82) is 0 Å². The number of hydrogen-bond donors (Lipinski definition) is 5. The maximum atomic E-state index is 12.2. The molecule has 4 atom stereocenters. The van der Waals surface area contributed by atoms with Gasteiger partial charge >= 0.3 is 5.97 Å². The van der Waals surface area contributed by atoms with E-state index in [1.54, 1.807) is 12.1 Å². The minimum absolute atomic E-state index is 0.143. The number of aliphatic hydroxyl groups is 3. The van der Waals surface area contributed by atoms with Gasteiger partial charge in [-0.05, 0) is 44.9 Å². The predicted octanol–water partition coefficient (Wildman–Crippen LogP) is 0.630. The van der Waals surface area contributed by atoms with Crippen LogP contribution in [-0.2, 0) is 15.9 Å². The smallest absolute Gasteiger partial charge is 0.338 e. The highest BCUT2D eigenvalue weighted by atomic mass is 16.6. The second kappa shape index (κ2) is 9.74. The molecule has 0 radical (unpaired) electrons. The summed E-state index contributed by atoms with van der Waals surface area (Å²) in [6.07, 6.45) is -2.42. The number of hydrogen-bond acceptors (Lipinski definition) is 11. The van der Waals surface area contributed by atoms with Gasteiger partial charge in [0.05, 0.1) is 18.5 Å². The first kappa shape index (κ1) is 24.8. The molecule has 0 saturated carbocycles. The molecular formula is C23H30N6O6. The monoisotopic (exact) mass is 486 g/mol. The third kappa shape index (κ3) is 5.35. The van der Waals surface area contributed by atoms with Crippen molar-refractivity contribution in [2.75, 3.05) is 24.2 Å². The second-order valence-electron chi connectivity index (χ2n) is 9.36. The van der Waals surface area contributed by atoms with Gasteiger partial charge < -0.3 is 35.8 Å². The molecule has 0 aliphatic carbocycles. The van der Waals surface area contributed by atoms with Crippen LogP contribution in [0.4, 0.5) is 11.8 Å². The van der Waals surface area contributed by atoms with Gasteiger partial charge in [-0.2, -0.15) is 9.97 Å². The molecule has 6 N–H and O–H groups in total. The van der Waals surface area contributed by atoms with E-state index in [0.29, 0.717) is 29.7 Å². The lowest BCUT2D eigenvalue weighted by Crippen LogP contribution is -2.33. The Bertz CT molecular complexity index is 1190. The molecule has 35 heavy (non-hydrogen) atoms. The summed E-state index contributed by atoms with van der Waals surface area (Å²) in [5.74, 6) is 0.0312. The first-order valence-electron chi connectivity index (χ1n) is 11.3. The number of fused-ring (bicyclic) bond motifs is 1. The normalized spacial score (nSPS) is 22.5. The molecule has 0 bridgehead atoms. The Labute approximate surface area is 201 Å². The van der Waals surface area contributed by atoms with E-state index < -0.39 is 36.7 Å². The van der Waals surface area contributed by atoms with Gasteiger partial charge in [0.25, 0.3) is 0 Å². The van der Waals surface area contributed by atoms with Crippen LogP contribution >= 0.6 is 0 Å². The van der Waals surface area contributed by atoms with E-state index in [4.69, 9.17) is 15.2 Å². The summed E-state index contributed by atoms with van der Waals surface area (Å²) in [5, 5.41) is 32.9. The van der Waals surface area contributed by atoms with Gasteiger partial charge in [0, 0.05) is 6.54 Å². The summed E-state index contributed by atoms with van der Waals surface area (Å²) in [6, 6.07) is 7.17. The Kier molecular flexibility index (Phi) is 6.90. The second-order valence-corrected chi connectivity index (χ2v) is 9.36. The number of nitrogen functional groups attached to an aromatic ring is 1. The lowest BCUT2D eigenvalue weighted by molar-refractivity contribution is -0.0511. The average molecular weight is 487 g/mol. The van der Waals surface area contributed by atoms with Crippen LogP contribution in [0.5, 0.6) is 0 Å². The van der Waals surface area contributed by atoms with E-state index in [-0.39, 0.29) is 17.7 Å². The SMILES string of the molecule is CC(C)(C)OC(=O)c1ccc(CCNc2nc(N)c3ncn([C@@H]4O[C@H](CO)[C@@H](O)[C@H]4O)c3n2)cc1. The van der Waals surface area contributed by atoms with Crippen LogP contribution in [0.1, 0.15) is 42.9 Å². The van der Waals surface area contributed by atoms with Gasteiger partial charge in [-0.15, -0.1) is 0 Å². The molecule has 0 spiro atoms. The molecule has 1 aliphatic heterocycles. The molecule has 12 heteroatoms. The number of ether oxygens (including phenoxy) is 2. The van der Waals surface area contributed by atoms with Gasteiger partial charge in [-0.25, -0.2) is 9.78 Å². The van der Waals surface area contributed by atoms with Crippen LogP contribution in [0.25, 0.3) is 11.2 Å². The number of nitrogens with two attached hydrogens (primary N) is 1. The number of aromatic nitrogens is 4. The molecule has 188 valence electrons. The minimum Gasteiger partial charge on any atom is -0.456 e. The van der Waals surface area contributed by atoms with E-state index in [1.807, 2.05) is 32.9 Å². The highest BCUT2D eigenvalue weighted by Gasteiger charge is 2.44. The third-order valence-corrected chi connectivity index (χ3v) is 5.53. The Morgan fingerprint density at radius 2 is 1.91 bits per heavy atom. The third-order valence-electron chi connectivity index (χ3n) is 5.53. The number of esters is 1. The van der Waals surface area contributed by atoms with Crippen LogP contribution in [0.15, 0.2) is 30.6 Å². The molecule has 3 heterocycles. The average Bonchev–Trinajstić information content (AvgIpc) is 3.34. The van der Waals surface area contributed by atoms with E-state index in [0.717, 1.165) is 5.56 Å². The highest BCUT2D eigenvalue weighted by Crippen LogP contribution is 2.32. The molecule has 0 amide bonds. The maximum Gasteiger partial charge on any atom is 0.338 e. The van der Waals surface area contributed by atoms with E-state index in [2.05, 4.69) is 20.3 Å². The lowest BCUT2D eigenvalue weighted by Gasteiger charge is -2.19. The van der Waals surface area contributed by atoms with Gasteiger partial charge in [0.15, 0.2) is 17.7 Å². The summed E-state index contributed by atoms with van der Waals surface area (Å²) >= 11 is 0. The minimum atomic E-state index is -1.28. The summed E-state index contributed by atoms with van der Waals surface area (Å²) in [5.41, 5.74) is 7.62. The Morgan fingerprint density at radius 3 is 2.54 bits per heavy atom. The summed E-state index contributed by atoms with van der Waals surface area (Å²) < 4.78 is 12.4. The number of nitrogens with one attached hydrogen (secondary N) is 1. The molecule has 0 unspecified atom stereocenters. The zero-order valence-corrected chi connectivity index (χ0v) is 19.8. The number of imidazole rings is 1. The van der Waals surface area contributed by atoms with Crippen LogP contribution in [0.2, 0.25) is 0 Å². The number of rotatable bonds is 7. The standard InChI is InChI=1S/C23H30N6O6/c1-23(2,3)35-21(33)13-6-4-12(5-7-13)8-9-25-22-27-18(24)15-19(28-22)29(11-26-15)20-17(32)16(31)14(10-30)34-20/h4-7,11,14,16-17,20,30-32H,8-10H2,1-3H3,(H3,24,25,27,28)/t14-,16-,17-,20-/m1/s1. The number of carbonyl (C=O) groups is 1. The lowest BCUT2D eigenvalue weighted by atomic mass is 10.1. The highest BCUT2D eigenvalue weighted by molar-refractivity contribution is 5.89. The number of carbonyl (C=O) groups excluding carboxylic acids is 1. The first-order chi connectivity index (χ1) is 16.6. The molecule has 1 aromatic carbocycles. The molecule has 1 saturated heterocycles. The van der Waals surface area contributed by atoms with Gasteiger partial charge in [-0.3, -0.25) is 4.57 Å². The topological polar surface area (TPSA) is 178 Å². The number of nitrogens with zero attached hydrogens (tertiary/aromatic N) is 4. The summed E-state index contributed by atoms with van der Waals surface area (Å²) in [7, 11) is 0. The Hall–Kier alpha value is -3.32. The molecule has 2 aromatic heterocycles. The number of aliphatic hydroxyl groups excluding tert-OH is 3. The van der Waals surface area contributed by atoms with Crippen LogP contribution in [-0.4, -0.2) is 77.9 Å². The molecule has 1 aliphatic rings. The Morgan fingerprint density at radius 1 is 1.20 bits per heavy atom. The van der Waals surface area contributed by atoms with Crippen molar-refractivity contribution >= 4 is 28.9 Å². The fourth-order valence-electron chi connectivity index (χ4n) is 3.78. The number of benzene rings is 1. The van der Waals surface area contributed by atoms with Crippen molar-refractivity contribution in [2.24, 2.45) is 0 Å². The zero-order chi connectivity index (χ0) is 25.3. The van der Waals surface area contributed by atoms with E-state index in [1.165, 1.54) is 10.9 Å². The van der Waals surface area contributed by atoms with Gasteiger partial charge in [0.1, 0.15) is 29.4 Å². The van der Waals surface area contributed by atoms with Crippen molar-refractivity contribution in [3.05, 3.63) is 41.7 Å². The molecule has 12 nitrogen and oxygen atoms in total. The Balaban J connectivity index is 1.43. The van der Waals surface area contributed by atoms with Gasteiger partial charge in [0.2, 0.25) is 5.95 Å². The summed E-state index contributed by atoms with van der Waals surface area (Å²) in [4.78, 5) is 25.1. The van der Waals surface area contributed by atoms with E-state index >= 15 is 0 Å². The van der Waals surface area contributed by atoms with E-state index in [9.17, 15) is 20.1 Å². The molecular weight excluding hydrogens is 456 g/mol. The van der Waals surface area contributed by atoms with Gasteiger partial charge in [-0.1, -0.05) is 12.1 Å². The first-order valence-corrected chi connectivity index (χ1v) is 11.3. The van der Waals surface area contributed by atoms with Crippen molar-refractivity contribution in [2.45, 2.75) is 57.3 Å². The van der Waals surface area contributed by atoms with Crippen LogP contribution in [0.3, 0.4) is 0 Å². The number of anilines is 2. The fourth-order valence-corrected chi connectivity index (χ4v) is 3.78. The fraction of sp³-hybridized carbons (Fsp3) is 0.478.